The number of rotatable bonds is 2. The summed E-state index contributed by atoms with van der Waals surface area (Å²) >= 11 is 3.53. The third-order valence-electron chi connectivity index (χ3n) is 3.37. The number of aryl methyl sites for hydroxylation is 2. The van der Waals surface area contributed by atoms with Crippen LogP contribution in [0.5, 0.6) is 5.75 Å². The number of methoxy groups -OCH3 is 1. The van der Waals surface area contributed by atoms with Crippen LogP contribution in [0.3, 0.4) is 0 Å². The summed E-state index contributed by atoms with van der Waals surface area (Å²) in [6.07, 6.45) is 2.01. The number of benzene rings is 1. The molecule has 0 bridgehead atoms. The predicted molar refractivity (Wildman–Crippen MR) is 84.4 cm³/mol. The van der Waals surface area contributed by atoms with Crippen LogP contribution >= 0.6 is 15.9 Å². The summed E-state index contributed by atoms with van der Waals surface area (Å²) in [6.45, 7) is 4.14. The van der Waals surface area contributed by atoms with Crippen LogP contribution in [-0.4, -0.2) is 16.5 Å². The fraction of sp³-hybridized carbons (Fsp3) is 0.188. The molecule has 0 aliphatic carbocycles. The zero-order valence-electron chi connectivity index (χ0n) is 11.6. The lowest BCUT2D eigenvalue weighted by Gasteiger charge is -2.12. The topological polar surface area (TPSA) is 26.5 Å². The minimum absolute atomic E-state index is 0.842. The summed E-state index contributed by atoms with van der Waals surface area (Å²) in [7, 11) is 1.70. The third kappa shape index (κ3) is 2.00. The van der Waals surface area contributed by atoms with Crippen molar-refractivity contribution in [2.24, 2.45) is 0 Å². The molecule has 3 rings (SSSR count). The highest BCUT2D eigenvalue weighted by Gasteiger charge is 2.16. The first-order valence-corrected chi connectivity index (χ1v) is 7.19. The fourth-order valence-electron chi connectivity index (χ4n) is 2.58. The van der Waals surface area contributed by atoms with Gasteiger partial charge >= 0.3 is 0 Å². The molecule has 0 atom stereocenters. The van der Waals surface area contributed by atoms with Gasteiger partial charge in [0.05, 0.1) is 18.2 Å². The van der Waals surface area contributed by atoms with E-state index in [4.69, 9.17) is 4.74 Å². The molecular formula is C16H15BrN2O. The Morgan fingerprint density at radius 1 is 1.20 bits per heavy atom. The van der Waals surface area contributed by atoms with Crippen molar-refractivity contribution in [1.29, 1.82) is 0 Å². The van der Waals surface area contributed by atoms with E-state index >= 15 is 0 Å². The van der Waals surface area contributed by atoms with Gasteiger partial charge in [-0.25, -0.2) is 4.98 Å². The Labute approximate surface area is 126 Å². The van der Waals surface area contributed by atoms with Crippen molar-refractivity contribution in [2.45, 2.75) is 13.8 Å². The van der Waals surface area contributed by atoms with Crippen LogP contribution in [0.15, 0.2) is 41.1 Å². The van der Waals surface area contributed by atoms with Gasteiger partial charge in [-0.2, -0.15) is 0 Å². The zero-order valence-corrected chi connectivity index (χ0v) is 13.2. The molecule has 2 aromatic heterocycles. The van der Waals surface area contributed by atoms with E-state index in [1.807, 2.05) is 24.4 Å². The Kier molecular flexibility index (Phi) is 3.26. The van der Waals surface area contributed by atoms with Gasteiger partial charge in [-0.3, -0.25) is 4.40 Å². The van der Waals surface area contributed by atoms with Crippen molar-refractivity contribution >= 4 is 21.4 Å². The lowest BCUT2D eigenvalue weighted by molar-refractivity contribution is 0.413. The minimum Gasteiger partial charge on any atom is -0.496 e. The number of pyridine rings is 1. The van der Waals surface area contributed by atoms with Gasteiger partial charge in [-0.05, 0) is 59.1 Å². The number of nitrogens with zero attached hydrogens (tertiary/aromatic N) is 2. The Bertz CT molecular complexity index is 793. The standard InChI is InChI=1S/C16H15BrN2O/c1-10-8-11(2)14(20-3)12(9-10)16-18-15(17)13-6-4-5-7-19(13)16/h4-9H,1-3H3. The smallest absolute Gasteiger partial charge is 0.149 e. The Morgan fingerprint density at radius 2 is 2.00 bits per heavy atom. The van der Waals surface area contributed by atoms with Gasteiger partial charge in [0.1, 0.15) is 16.2 Å². The maximum Gasteiger partial charge on any atom is 0.149 e. The lowest BCUT2D eigenvalue weighted by atomic mass is 10.0. The molecule has 4 heteroatoms. The second-order valence-electron chi connectivity index (χ2n) is 4.84. The molecule has 0 aliphatic heterocycles. The van der Waals surface area contributed by atoms with Gasteiger partial charge in [0, 0.05) is 6.20 Å². The molecule has 0 spiro atoms. The first-order chi connectivity index (χ1) is 9.61. The molecular weight excluding hydrogens is 316 g/mol. The number of hydrogen-bond acceptors (Lipinski definition) is 2. The highest BCUT2D eigenvalue weighted by molar-refractivity contribution is 9.10. The summed E-state index contributed by atoms with van der Waals surface area (Å²) in [6, 6.07) is 10.3. The number of halogens is 1. The van der Waals surface area contributed by atoms with E-state index in [1.54, 1.807) is 7.11 Å². The SMILES string of the molecule is COc1c(C)cc(C)cc1-c1nc(Br)c2ccccn12. The van der Waals surface area contributed by atoms with Crippen molar-refractivity contribution in [3.63, 3.8) is 0 Å². The van der Waals surface area contributed by atoms with Crippen LogP contribution in [0.25, 0.3) is 16.9 Å². The highest BCUT2D eigenvalue weighted by Crippen LogP contribution is 2.35. The molecule has 0 aliphatic rings. The second kappa shape index (κ2) is 4.94. The molecule has 0 fully saturated rings. The largest absolute Gasteiger partial charge is 0.496 e. The molecule has 0 saturated heterocycles. The van der Waals surface area contributed by atoms with Crippen molar-refractivity contribution in [3.05, 3.63) is 52.3 Å². The highest BCUT2D eigenvalue weighted by atomic mass is 79.9. The lowest BCUT2D eigenvalue weighted by Crippen LogP contribution is -1.96. The quantitative estimate of drug-likeness (QED) is 0.696. The van der Waals surface area contributed by atoms with Gasteiger partial charge in [-0.1, -0.05) is 12.1 Å². The van der Waals surface area contributed by atoms with Crippen molar-refractivity contribution in [2.75, 3.05) is 7.11 Å². The van der Waals surface area contributed by atoms with Gasteiger partial charge in [-0.15, -0.1) is 0 Å². The van der Waals surface area contributed by atoms with Crippen LogP contribution in [0.2, 0.25) is 0 Å². The summed E-state index contributed by atoms with van der Waals surface area (Å²) in [5, 5.41) is 0. The molecule has 3 nitrogen and oxygen atoms in total. The first kappa shape index (κ1) is 13.2. The van der Waals surface area contributed by atoms with Crippen LogP contribution < -0.4 is 4.74 Å². The summed E-state index contributed by atoms with van der Waals surface area (Å²) in [5.74, 6) is 1.76. The van der Waals surface area contributed by atoms with E-state index in [1.165, 1.54) is 5.56 Å². The Balaban J connectivity index is 2.36. The molecule has 3 aromatic rings. The maximum atomic E-state index is 5.58. The molecule has 0 radical (unpaired) electrons. The monoisotopic (exact) mass is 330 g/mol. The van der Waals surface area contributed by atoms with E-state index in [0.29, 0.717) is 0 Å². The summed E-state index contributed by atoms with van der Waals surface area (Å²) < 4.78 is 8.49. The van der Waals surface area contributed by atoms with E-state index < -0.39 is 0 Å². The molecule has 1 aromatic carbocycles. The fourth-order valence-corrected chi connectivity index (χ4v) is 3.07. The maximum absolute atomic E-state index is 5.58. The molecule has 0 saturated carbocycles. The molecule has 0 N–H and O–H groups in total. The Morgan fingerprint density at radius 3 is 2.75 bits per heavy atom. The average Bonchev–Trinajstić information content (AvgIpc) is 2.76. The van der Waals surface area contributed by atoms with Gasteiger partial charge in [0.2, 0.25) is 0 Å². The minimum atomic E-state index is 0.842. The zero-order chi connectivity index (χ0) is 14.3. The van der Waals surface area contributed by atoms with Crippen LogP contribution in [0, 0.1) is 13.8 Å². The number of imidazole rings is 1. The van der Waals surface area contributed by atoms with Crippen LogP contribution in [0.4, 0.5) is 0 Å². The van der Waals surface area contributed by atoms with E-state index in [-0.39, 0.29) is 0 Å². The predicted octanol–water partition coefficient (Wildman–Crippen LogP) is 4.39. The van der Waals surface area contributed by atoms with Crippen molar-refractivity contribution in [3.8, 4) is 17.1 Å². The van der Waals surface area contributed by atoms with Crippen LogP contribution in [0.1, 0.15) is 11.1 Å². The van der Waals surface area contributed by atoms with E-state index in [2.05, 4.69) is 51.3 Å². The van der Waals surface area contributed by atoms with E-state index in [9.17, 15) is 0 Å². The van der Waals surface area contributed by atoms with Crippen molar-refractivity contribution < 1.29 is 4.74 Å². The number of fused-ring (bicyclic) bond motifs is 1. The van der Waals surface area contributed by atoms with Crippen LogP contribution in [-0.2, 0) is 0 Å². The normalized spacial score (nSPS) is 11.0. The molecule has 102 valence electrons. The van der Waals surface area contributed by atoms with Gasteiger partial charge in [0.15, 0.2) is 0 Å². The third-order valence-corrected chi connectivity index (χ3v) is 3.95. The molecule has 0 unspecified atom stereocenters. The second-order valence-corrected chi connectivity index (χ2v) is 5.60. The van der Waals surface area contributed by atoms with Crippen molar-refractivity contribution in [1.82, 2.24) is 9.38 Å². The average molecular weight is 331 g/mol. The summed E-state index contributed by atoms with van der Waals surface area (Å²) in [4.78, 5) is 4.65. The Hall–Kier alpha value is -1.81. The van der Waals surface area contributed by atoms with E-state index in [0.717, 1.165) is 32.8 Å². The number of hydrogen-bond donors (Lipinski definition) is 0. The molecule has 0 amide bonds. The van der Waals surface area contributed by atoms with Gasteiger partial charge < -0.3 is 4.74 Å². The number of aromatic nitrogens is 2. The number of ether oxygens (including phenoxy) is 1. The molecule has 2 heterocycles. The first-order valence-electron chi connectivity index (χ1n) is 6.40. The molecule has 20 heavy (non-hydrogen) atoms. The van der Waals surface area contributed by atoms with Gasteiger partial charge in [0.25, 0.3) is 0 Å². The summed E-state index contributed by atoms with van der Waals surface area (Å²) in [5.41, 5.74) is 4.37.